The van der Waals surface area contributed by atoms with Gasteiger partial charge < -0.3 is 4.74 Å². The SMILES string of the molecule is CCCCCCC(CCl)Cc1ccccc1OC. The van der Waals surface area contributed by atoms with Gasteiger partial charge in [-0.1, -0.05) is 50.8 Å². The number of hydrogen-bond acceptors (Lipinski definition) is 1. The van der Waals surface area contributed by atoms with Gasteiger partial charge >= 0.3 is 0 Å². The monoisotopic (exact) mass is 268 g/mol. The molecule has 18 heavy (non-hydrogen) atoms. The van der Waals surface area contributed by atoms with E-state index in [1.54, 1.807) is 7.11 Å². The third-order valence-corrected chi connectivity index (χ3v) is 3.82. The average Bonchev–Trinajstić information content (AvgIpc) is 2.42. The zero-order chi connectivity index (χ0) is 13.2. The first-order valence-corrected chi connectivity index (χ1v) is 7.53. The molecule has 0 heterocycles. The first-order chi connectivity index (χ1) is 8.81. The van der Waals surface area contributed by atoms with Crippen molar-refractivity contribution in [3.05, 3.63) is 29.8 Å². The molecule has 0 saturated heterocycles. The third-order valence-electron chi connectivity index (χ3n) is 3.39. The maximum absolute atomic E-state index is 6.08. The zero-order valence-electron chi connectivity index (χ0n) is 11.6. The number of alkyl halides is 1. The van der Waals surface area contributed by atoms with Crippen molar-refractivity contribution in [1.82, 2.24) is 0 Å². The molecule has 1 nitrogen and oxygen atoms in total. The summed E-state index contributed by atoms with van der Waals surface area (Å²) in [6, 6.07) is 8.25. The molecule has 1 unspecified atom stereocenters. The summed E-state index contributed by atoms with van der Waals surface area (Å²) in [7, 11) is 1.73. The maximum atomic E-state index is 6.08. The lowest BCUT2D eigenvalue weighted by Gasteiger charge is -2.15. The van der Waals surface area contributed by atoms with Crippen molar-refractivity contribution in [2.24, 2.45) is 5.92 Å². The Kier molecular flexibility index (Phi) is 7.91. The third kappa shape index (κ3) is 5.30. The Bertz CT molecular complexity index is 325. The number of unbranched alkanes of at least 4 members (excludes halogenated alkanes) is 3. The lowest BCUT2D eigenvalue weighted by atomic mass is 9.94. The summed E-state index contributed by atoms with van der Waals surface area (Å²) in [5.74, 6) is 2.30. The van der Waals surface area contributed by atoms with Gasteiger partial charge in [0.2, 0.25) is 0 Å². The summed E-state index contributed by atoms with van der Waals surface area (Å²) in [5, 5.41) is 0. The van der Waals surface area contributed by atoms with Crippen LogP contribution in [-0.2, 0) is 6.42 Å². The second kappa shape index (κ2) is 9.27. The summed E-state index contributed by atoms with van der Waals surface area (Å²) < 4.78 is 5.39. The normalized spacial score (nSPS) is 12.4. The van der Waals surface area contributed by atoms with Crippen LogP contribution in [0.15, 0.2) is 24.3 Å². The van der Waals surface area contributed by atoms with Gasteiger partial charge in [0.1, 0.15) is 5.75 Å². The van der Waals surface area contributed by atoms with Crippen molar-refractivity contribution < 1.29 is 4.74 Å². The summed E-state index contributed by atoms with van der Waals surface area (Å²) in [4.78, 5) is 0. The quantitative estimate of drug-likeness (QED) is 0.449. The van der Waals surface area contributed by atoms with E-state index in [0.29, 0.717) is 5.92 Å². The molecule has 0 bridgehead atoms. The molecule has 0 N–H and O–H groups in total. The van der Waals surface area contributed by atoms with E-state index in [1.165, 1.54) is 37.7 Å². The molecule has 0 amide bonds. The van der Waals surface area contributed by atoms with Crippen molar-refractivity contribution in [3.63, 3.8) is 0 Å². The number of hydrogen-bond donors (Lipinski definition) is 0. The van der Waals surface area contributed by atoms with Gasteiger partial charge in [0.05, 0.1) is 7.11 Å². The van der Waals surface area contributed by atoms with Crippen LogP contribution < -0.4 is 4.74 Å². The second-order valence-electron chi connectivity index (χ2n) is 4.89. The lowest BCUT2D eigenvalue weighted by Crippen LogP contribution is -2.07. The highest BCUT2D eigenvalue weighted by Crippen LogP contribution is 2.24. The largest absolute Gasteiger partial charge is 0.496 e. The van der Waals surface area contributed by atoms with Gasteiger partial charge in [0, 0.05) is 5.88 Å². The van der Waals surface area contributed by atoms with Gasteiger partial charge in [0.15, 0.2) is 0 Å². The van der Waals surface area contributed by atoms with Crippen LogP contribution >= 0.6 is 11.6 Å². The number of ether oxygens (including phenoxy) is 1. The number of benzene rings is 1. The topological polar surface area (TPSA) is 9.23 Å². The van der Waals surface area contributed by atoms with Gasteiger partial charge in [-0.05, 0) is 30.4 Å². The molecule has 0 aromatic heterocycles. The molecule has 0 radical (unpaired) electrons. The minimum absolute atomic E-state index is 0.569. The van der Waals surface area contributed by atoms with Gasteiger partial charge in [-0.2, -0.15) is 0 Å². The zero-order valence-corrected chi connectivity index (χ0v) is 12.4. The van der Waals surface area contributed by atoms with Crippen LogP contribution in [0.5, 0.6) is 5.75 Å². The van der Waals surface area contributed by atoms with E-state index in [4.69, 9.17) is 16.3 Å². The molecule has 0 saturated carbocycles. The van der Waals surface area contributed by atoms with Crippen molar-refractivity contribution >= 4 is 11.6 Å². The molecule has 1 aromatic carbocycles. The molecule has 1 atom stereocenters. The molecule has 0 spiro atoms. The van der Waals surface area contributed by atoms with Gasteiger partial charge in [0.25, 0.3) is 0 Å². The first-order valence-electron chi connectivity index (χ1n) is 6.99. The van der Waals surface area contributed by atoms with Crippen molar-refractivity contribution in [3.8, 4) is 5.75 Å². The highest BCUT2D eigenvalue weighted by molar-refractivity contribution is 6.18. The Morgan fingerprint density at radius 1 is 1.17 bits per heavy atom. The number of para-hydroxylation sites is 1. The van der Waals surface area contributed by atoms with Crippen LogP contribution in [0, 0.1) is 5.92 Å². The van der Waals surface area contributed by atoms with Crippen molar-refractivity contribution in [2.75, 3.05) is 13.0 Å². The molecule has 102 valence electrons. The van der Waals surface area contributed by atoms with Crippen LogP contribution in [-0.4, -0.2) is 13.0 Å². The van der Waals surface area contributed by atoms with Gasteiger partial charge in [-0.15, -0.1) is 11.6 Å². The fraction of sp³-hybridized carbons (Fsp3) is 0.625. The maximum Gasteiger partial charge on any atom is 0.122 e. The summed E-state index contributed by atoms with van der Waals surface area (Å²) in [6.45, 7) is 2.24. The first kappa shape index (κ1) is 15.4. The summed E-state index contributed by atoms with van der Waals surface area (Å²) >= 11 is 6.08. The molecular formula is C16H25ClO. The Hall–Kier alpha value is -0.690. The predicted octanol–water partition coefficient (Wildman–Crippen LogP) is 5.06. The van der Waals surface area contributed by atoms with Crippen LogP contribution in [0.2, 0.25) is 0 Å². The van der Waals surface area contributed by atoms with Crippen molar-refractivity contribution in [1.29, 1.82) is 0 Å². The highest BCUT2D eigenvalue weighted by Gasteiger charge is 2.11. The van der Waals surface area contributed by atoms with Crippen LogP contribution in [0.1, 0.15) is 44.6 Å². The Morgan fingerprint density at radius 3 is 2.61 bits per heavy atom. The van der Waals surface area contributed by atoms with Gasteiger partial charge in [-0.3, -0.25) is 0 Å². The molecule has 2 heteroatoms. The lowest BCUT2D eigenvalue weighted by molar-refractivity contribution is 0.402. The van der Waals surface area contributed by atoms with E-state index in [9.17, 15) is 0 Å². The number of methoxy groups -OCH3 is 1. The number of rotatable bonds is 9. The van der Waals surface area contributed by atoms with E-state index in [-0.39, 0.29) is 0 Å². The average molecular weight is 269 g/mol. The number of halogens is 1. The van der Waals surface area contributed by atoms with Crippen LogP contribution in [0.4, 0.5) is 0 Å². The molecule has 0 aliphatic carbocycles. The summed E-state index contributed by atoms with van der Waals surface area (Å²) in [5.41, 5.74) is 1.28. The second-order valence-corrected chi connectivity index (χ2v) is 5.19. The highest BCUT2D eigenvalue weighted by atomic mass is 35.5. The summed E-state index contributed by atoms with van der Waals surface area (Å²) in [6.07, 6.45) is 7.50. The Balaban J connectivity index is 2.46. The molecule has 0 aliphatic heterocycles. The Labute approximate surface area is 116 Å². The minimum Gasteiger partial charge on any atom is -0.496 e. The standard InChI is InChI=1S/C16H25ClO/c1-3-4-5-6-9-14(13-17)12-15-10-7-8-11-16(15)18-2/h7-8,10-11,14H,3-6,9,12-13H2,1-2H3. The predicted molar refractivity (Wildman–Crippen MR) is 79.7 cm³/mol. The molecule has 1 rings (SSSR count). The fourth-order valence-electron chi connectivity index (χ4n) is 2.28. The molecule has 1 aromatic rings. The van der Waals surface area contributed by atoms with E-state index in [2.05, 4.69) is 19.1 Å². The van der Waals surface area contributed by atoms with Crippen LogP contribution in [0.25, 0.3) is 0 Å². The smallest absolute Gasteiger partial charge is 0.122 e. The van der Waals surface area contributed by atoms with E-state index < -0.39 is 0 Å². The molecular weight excluding hydrogens is 244 g/mol. The van der Waals surface area contributed by atoms with Crippen molar-refractivity contribution in [2.45, 2.75) is 45.4 Å². The minimum atomic E-state index is 0.569. The van der Waals surface area contributed by atoms with Crippen LogP contribution in [0.3, 0.4) is 0 Å². The van der Waals surface area contributed by atoms with E-state index in [1.807, 2.05) is 12.1 Å². The van der Waals surface area contributed by atoms with E-state index in [0.717, 1.165) is 18.1 Å². The van der Waals surface area contributed by atoms with E-state index >= 15 is 0 Å². The Morgan fingerprint density at radius 2 is 1.94 bits per heavy atom. The molecule has 0 fully saturated rings. The molecule has 0 aliphatic rings. The van der Waals surface area contributed by atoms with Gasteiger partial charge in [-0.25, -0.2) is 0 Å². The fourth-order valence-corrected chi connectivity index (χ4v) is 2.54.